The average Bonchev–Trinajstić information content (AvgIpc) is 2.87. The van der Waals surface area contributed by atoms with Crippen LogP contribution >= 0.6 is 0 Å². The van der Waals surface area contributed by atoms with Gasteiger partial charge in [0.25, 0.3) is 0 Å². The minimum absolute atomic E-state index is 0.523. The van der Waals surface area contributed by atoms with E-state index in [2.05, 4.69) is 48.1 Å². The molecule has 0 atom stereocenters. The van der Waals surface area contributed by atoms with E-state index >= 15 is 0 Å². The SMILES string of the molecule is CCOc1ccc(CN(C)Cc2noc(CC(C)C)n2)cc1. The van der Waals surface area contributed by atoms with Crippen LogP contribution in [0.15, 0.2) is 28.8 Å². The normalized spacial score (nSPS) is 11.4. The van der Waals surface area contributed by atoms with E-state index in [-0.39, 0.29) is 0 Å². The highest BCUT2D eigenvalue weighted by atomic mass is 16.5. The molecule has 1 heterocycles. The molecule has 2 aromatic rings. The highest BCUT2D eigenvalue weighted by Crippen LogP contribution is 2.14. The second kappa shape index (κ2) is 7.94. The number of aromatic nitrogens is 2. The predicted octanol–water partition coefficient (Wildman–Crippen LogP) is 3.30. The summed E-state index contributed by atoms with van der Waals surface area (Å²) >= 11 is 0. The zero-order chi connectivity index (χ0) is 15.9. The van der Waals surface area contributed by atoms with E-state index in [0.29, 0.717) is 19.1 Å². The largest absolute Gasteiger partial charge is 0.494 e. The predicted molar refractivity (Wildman–Crippen MR) is 85.6 cm³/mol. The molecule has 2 rings (SSSR count). The van der Waals surface area contributed by atoms with Crippen molar-refractivity contribution < 1.29 is 9.26 Å². The van der Waals surface area contributed by atoms with E-state index in [1.54, 1.807) is 0 Å². The number of benzene rings is 1. The fourth-order valence-electron chi connectivity index (χ4n) is 2.25. The maximum Gasteiger partial charge on any atom is 0.226 e. The number of nitrogens with zero attached hydrogens (tertiary/aromatic N) is 3. The van der Waals surface area contributed by atoms with Crippen molar-refractivity contribution in [3.05, 3.63) is 41.5 Å². The van der Waals surface area contributed by atoms with E-state index in [4.69, 9.17) is 9.26 Å². The van der Waals surface area contributed by atoms with Crippen molar-refractivity contribution >= 4 is 0 Å². The lowest BCUT2D eigenvalue weighted by Gasteiger charge is -2.14. The molecule has 0 radical (unpaired) electrons. The molecule has 0 fully saturated rings. The maximum atomic E-state index is 5.45. The van der Waals surface area contributed by atoms with Crippen molar-refractivity contribution in [2.75, 3.05) is 13.7 Å². The standard InChI is InChI=1S/C17H25N3O2/c1-5-21-15-8-6-14(7-9-15)11-20(4)12-16-18-17(22-19-16)10-13(2)3/h6-9,13H,5,10-12H2,1-4H3. The number of rotatable bonds is 8. The molecule has 0 unspecified atom stereocenters. The first-order chi connectivity index (χ1) is 10.6. The summed E-state index contributed by atoms with van der Waals surface area (Å²) in [7, 11) is 2.05. The lowest BCUT2D eigenvalue weighted by atomic mass is 10.1. The molecular formula is C17H25N3O2. The van der Waals surface area contributed by atoms with Crippen LogP contribution in [0.25, 0.3) is 0 Å². The van der Waals surface area contributed by atoms with Gasteiger partial charge < -0.3 is 9.26 Å². The number of ether oxygens (including phenoxy) is 1. The third kappa shape index (κ3) is 5.15. The van der Waals surface area contributed by atoms with Crippen LogP contribution in [0.4, 0.5) is 0 Å². The molecule has 0 amide bonds. The summed E-state index contributed by atoms with van der Waals surface area (Å²) in [6, 6.07) is 8.17. The quantitative estimate of drug-likeness (QED) is 0.749. The van der Waals surface area contributed by atoms with Gasteiger partial charge in [-0.15, -0.1) is 0 Å². The van der Waals surface area contributed by atoms with Gasteiger partial charge in [-0.2, -0.15) is 4.98 Å². The van der Waals surface area contributed by atoms with E-state index in [9.17, 15) is 0 Å². The summed E-state index contributed by atoms with van der Waals surface area (Å²) in [6.07, 6.45) is 0.829. The highest BCUT2D eigenvalue weighted by molar-refractivity contribution is 5.27. The Labute approximate surface area is 132 Å². The first-order valence-corrected chi connectivity index (χ1v) is 7.78. The van der Waals surface area contributed by atoms with Crippen LogP contribution in [0.1, 0.15) is 38.0 Å². The Morgan fingerprint density at radius 2 is 1.91 bits per heavy atom. The Morgan fingerprint density at radius 1 is 1.18 bits per heavy atom. The van der Waals surface area contributed by atoms with Gasteiger partial charge in [-0.05, 0) is 37.6 Å². The Hall–Kier alpha value is -1.88. The van der Waals surface area contributed by atoms with Gasteiger partial charge in [0, 0.05) is 13.0 Å². The molecule has 0 saturated carbocycles. The molecule has 0 aliphatic rings. The summed E-state index contributed by atoms with van der Waals surface area (Å²) in [4.78, 5) is 6.60. The fraction of sp³-hybridized carbons (Fsp3) is 0.529. The first kappa shape index (κ1) is 16.5. The van der Waals surface area contributed by atoms with Crippen molar-refractivity contribution in [2.45, 2.75) is 40.3 Å². The van der Waals surface area contributed by atoms with E-state index < -0.39 is 0 Å². The molecule has 0 saturated heterocycles. The molecule has 0 N–H and O–H groups in total. The summed E-state index contributed by atoms with van der Waals surface area (Å²) in [6.45, 7) is 8.47. The molecule has 120 valence electrons. The van der Waals surface area contributed by atoms with Gasteiger partial charge in [0.1, 0.15) is 5.75 Å². The van der Waals surface area contributed by atoms with Crippen LogP contribution in [0, 0.1) is 5.92 Å². The third-order valence-electron chi connectivity index (χ3n) is 3.19. The first-order valence-electron chi connectivity index (χ1n) is 7.78. The molecule has 1 aromatic heterocycles. The molecule has 0 bridgehead atoms. The number of hydrogen-bond donors (Lipinski definition) is 0. The Balaban J connectivity index is 1.86. The Kier molecular flexibility index (Phi) is 5.95. The van der Waals surface area contributed by atoms with E-state index in [0.717, 1.165) is 30.4 Å². The van der Waals surface area contributed by atoms with Crippen molar-refractivity contribution in [3.63, 3.8) is 0 Å². The van der Waals surface area contributed by atoms with Gasteiger partial charge >= 0.3 is 0 Å². The van der Waals surface area contributed by atoms with E-state index in [1.165, 1.54) is 5.56 Å². The van der Waals surface area contributed by atoms with Crippen LogP contribution in [0.5, 0.6) is 5.75 Å². The monoisotopic (exact) mass is 303 g/mol. The topological polar surface area (TPSA) is 51.4 Å². The summed E-state index contributed by atoms with van der Waals surface area (Å²) in [5.41, 5.74) is 1.23. The second-order valence-electron chi connectivity index (χ2n) is 5.95. The number of hydrogen-bond acceptors (Lipinski definition) is 5. The van der Waals surface area contributed by atoms with E-state index in [1.807, 2.05) is 19.1 Å². The molecule has 0 aliphatic heterocycles. The summed E-state index contributed by atoms with van der Waals surface area (Å²) < 4.78 is 10.7. The Morgan fingerprint density at radius 3 is 2.55 bits per heavy atom. The van der Waals surface area contributed by atoms with Crippen LogP contribution in [-0.2, 0) is 19.5 Å². The molecule has 1 aromatic carbocycles. The van der Waals surface area contributed by atoms with Gasteiger partial charge in [0.05, 0.1) is 13.2 Å². The molecule has 0 spiro atoms. The molecule has 22 heavy (non-hydrogen) atoms. The van der Waals surface area contributed by atoms with Gasteiger partial charge in [-0.25, -0.2) is 0 Å². The fourth-order valence-corrected chi connectivity index (χ4v) is 2.25. The van der Waals surface area contributed by atoms with Crippen molar-refractivity contribution in [1.29, 1.82) is 0 Å². The van der Waals surface area contributed by atoms with Crippen LogP contribution in [0.3, 0.4) is 0 Å². The van der Waals surface area contributed by atoms with Crippen LogP contribution < -0.4 is 4.74 Å². The zero-order valence-electron chi connectivity index (χ0n) is 13.9. The molecule has 5 nitrogen and oxygen atoms in total. The second-order valence-corrected chi connectivity index (χ2v) is 5.95. The van der Waals surface area contributed by atoms with Gasteiger partial charge in [-0.1, -0.05) is 31.1 Å². The van der Waals surface area contributed by atoms with Crippen LogP contribution in [-0.4, -0.2) is 28.7 Å². The van der Waals surface area contributed by atoms with Gasteiger partial charge in [-0.3, -0.25) is 4.90 Å². The maximum absolute atomic E-state index is 5.45. The zero-order valence-corrected chi connectivity index (χ0v) is 13.9. The van der Waals surface area contributed by atoms with Gasteiger partial charge in [0.15, 0.2) is 5.82 Å². The lowest BCUT2D eigenvalue weighted by molar-refractivity contribution is 0.298. The minimum atomic E-state index is 0.523. The minimum Gasteiger partial charge on any atom is -0.494 e. The highest BCUT2D eigenvalue weighted by Gasteiger charge is 2.10. The third-order valence-corrected chi connectivity index (χ3v) is 3.19. The lowest BCUT2D eigenvalue weighted by Crippen LogP contribution is -2.18. The smallest absolute Gasteiger partial charge is 0.226 e. The van der Waals surface area contributed by atoms with Crippen molar-refractivity contribution in [2.24, 2.45) is 5.92 Å². The average molecular weight is 303 g/mol. The van der Waals surface area contributed by atoms with Crippen molar-refractivity contribution in [1.82, 2.24) is 15.0 Å². The van der Waals surface area contributed by atoms with Crippen molar-refractivity contribution in [3.8, 4) is 5.75 Å². The van der Waals surface area contributed by atoms with Crippen LogP contribution in [0.2, 0.25) is 0 Å². The molecule has 0 aliphatic carbocycles. The van der Waals surface area contributed by atoms with Gasteiger partial charge in [0.2, 0.25) is 5.89 Å². The Bertz CT molecular complexity index is 564. The molecule has 5 heteroatoms. The molecular weight excluding hydrogens is 278 g/mol. The summed E-state index contributed by atoms with van der Waals surface area (Å²) in [5.74, 6) is 2.89. The summed E-state index contributed by atoms with van der Waals surface area (Å²) in [5, 5.41) is 4.04.